The molecule has 0 atom stereocenters. The van der Waals surface area contributed by atoms with E-state index in [-0.39, 0.29) is 12.3 Å². The van der Waals surface area contributed by atoms with E-state index in [4.69, 9.17) is 10.8 Å². The molecule has 0 spiro atoms. The number of aliphatic carboxylic acids is 1. The van der Waals surface area contributed by atoms with Crippen molar-refractivity contribution >= 4 is 23.3 Å². The number of hydrogen-bond donors (Lipinski definition) is 3. The fraction of sp³-hybridized carbons (Fsp3) is 0.0714. The summed E-state index contributed by atoms with van der Waals surface area (Å²) in [5.41, 5.74) is 7.55. The third-order valence-corrected chi connectivity index (χ3v) is 2.59. The van der Waals surface area contributed by atoms with E-state index in [0.29, 0.717) is 22.6 Å². The number of carboxylic acids is 1. The predicted octanol–water partition coefficient (Wildman–Crippen LogP) is 1.54. The van der Waals surface area contributed by atoms with Crippen LogP contribution in [0.2, 0.25) is 0 Å². The molecule has 0 bridgehead atoms. The average Bonchev–Trinajstić information content (AvgIpc) is 2.41. The molecule has 6 heteroatoms. The van der Waals surface area contributed by atoms with Crippen molar-refractivity contribution in [1.29, 1.82) is 0 Å². The molecule has 1 aromatic carbocycles. The zero-order valence-corrected chi connectivity index (χ0v) is 10.5. The van der Waals surface area contributed by atoms with Gasteiger partial charge in [0, 0.05) is 11.3 Å². The SMILES string of the molecule is Nc1ccc(C(=O)Nc2ccc(CC(=O)O)nc2)cc1. The molecule has 0 saturated carbocycles. The standard InChI is InChI=1S/C14H13N3O3/c15-10-3-1-9(2-4-10)14(20)17-12-6-5-11(16-8-12)7-13(18)19/h1-6,8H,7,15H2,(H,17,20)(H,18,19). The molecule has 2 rings (SSSR count). The zero-order valence-electron chi connectivity index (χ0n) is 10.5. The Hall–Kier alpha value is -2.89. The molecule has 0 aliphatic heterocycles. The van der Waals surface area contributed by atoms with Gasteiger partial charge in [0.25, 0.3) is 5.91 Å². The lowest BCUT2D eigenvalue weighted by Crippen LogP contribution is -2.12. The van der Waals surface area contributed by atoms with Gasteiger partial charge in [0.15, 0.2) is 0 Å². The predicted molar refractivity (Wildman–Crippen MR) is 74.4 cm³/mol. The summed E-state index contributed by atoms with van der Waals surface area (Å²) in [5.74, 6) is -1.23. The van der Waals surface area contributed by atoms with Gasteiger partial charge in [-0.15, -0.1) is 0 Å². The Morgan fingerprint density at radius 2 is 1.85 bits per heavy atom. The highest BCUT2D eigenvalue weighted by Crippen LogP contribution is 2.11. The number of rotatable bonds is 4. The van der Waals surface area contributed by atoms with Crippen LogP contribution >= 0.6 is 0 Å². The lowest BCUT2D eigenvalue weighted by atomic mass is 10.2. The maximum Gasteiger partial charge on any atom is 0.309 e. The van der Waals surface area contributed by atoms with E-state index < -0.39 is 5.97 Å². The molecule has 20 heavy (non-hydrogen) atoms. The zero-order chi connectivity index (χ0) is 14.5. The fourth-order valence-electron chi connectivity index (χ4n) is 1.60. The number of benzene rings is 1. The van der Waals surface area contributed by atoms with E-state index in [1.165, 1.54) is 6.20 Å². The first-order chi connectivity index (χ1) is 9.54. The van der Waals surface area contributed by atoms with Crippen molar-refractivity contribution in [3.8, 4) is 0 Å². The van der Waals surface area contributed by atoms with Crippen LogP contribution in [-0.2, 0) is 11.2 Å². The first-order valence-electron chi connectivity index (χ1n) is 5.88. The number of carbonyl (C=O) groups excluding carboxylic acids is 1. The summed E-state index contributed by atoms with van der Waals surface area (Å²) in [6.45, 7) is 0. The Morgan fingerprint density at radius 3 is 2.40 bits per heavy atom. The van der Waals surface area contributed by atoms with Crippen molar-refractivity contribution in [3.63, 3.8) is 0 Å². The van der Waals surface area contributed by atoms with Gasteiger partial charge >= 0.3 is 5.97 Å². The minimum absolute atomic E-state index is 0.147. The summed E-state index contributed by atoms with van der Waals surface area (Å²) in [6.07, 6.45) is 1.28. The summed E-state index contributed by atoms with van der Waals surface area (Å²) in [7, 11) is 0. The van der Waals surface area contributed by atoms with Gasteiger partial charge in [0.05, 0.1) is 24.0 Å². The highest BCUT2D eigenvalue weighted by molar-refractivity contribution is 6.04. The van der Waals surface area contributed by atoms with Crippen LogP contribution < -0.4 is 11.1 Å². The van der Waals surface area contributed by atoms with Gasteiger partial charge in [-0.25, -0.2) is 0 Å². The fourth-order valence-corrected chi connectivity index (χ4v) is 1.60. The Labute approximate surface area is 115 Å². The number of hydrogen-bond acceptors (Lipinski definition) is 4. The highest BCUT2D eigenvalue weighted by Gasteiger charge is 2.07. The third-order valence-electron chi connectivity index (χ3n) is 2.59. The first kappa shape index (κ1) is 13.5. The van der Waals surface area contributed by atoms with Gasteiger partial charge in [-0.1, -0.05) is 0 Å². The number of anilines is 2. The maximum atomic E-state index is 11.9. The smallest absolute Gasteiger partial charge is 0.309 e. The normalized spacial score (nSPS) is 10.0. The second kappa shape index (κ2) is 5.83. The van der Waals surface area contributed by atoms with Gasteiger partial charge in [-0.3, -0.25) is 14.6 Å². The first-order valence-corrected chi connectivity index (χ1v) is 5.88. The van der Waals surface area contributed by atoms with Crippen LogP contribution in [0, 0.1) is 0 Å². The average molecular weight is 271 g/mol. The molecule has 0 aliphatic carbocycles. The highest BCUT2D eigenvalue weighted by atomic mass is 16.4. The van der Waals surface area contributed by atoms with E-state index in [0.717, 1.165) is 0 Å². The summed E-state index contributed by atoms with van der Waals surface area (Å²) >= 11 is 0. The van der Waals surface area contributed by atoms with Gasteiger partial charge in [-0.05, 0) is 36.4 Å². The molecule has 1 heterocycles. The molecule has 2 aromatic rings. The van der Waals surface area contributed by atoms with Crippen molar-refractivity contribution in [2.75, 3.05) is 11.1 Å². The molecular weight excluding hydrogens is 258 g/mol. The molecule has 0 fully saturated rings. The van der Waals surface area contributed by atoms with Crippen LogP contribution in [0.3, 0.4) is 0 Å². The van der Waals surface area contributed by atoms with Crippen LogP contribution in [-0.4, -0.2) is 22.0 Å². The second-order valence-corrected chi connectivity index (χ2v) is 4.18. The minimum atomic E-state index is -0.948. The molecule has 6 nitrogen and oxygen atoms in total. The largest absolute Gasteiger partial charge is 0.481 e. The van der Waals surface area contributed by atoms with Gasteiger partial charge in [0.1, 0.15) is 0 Å². The van der Waals surface area contributed by atoms with Crippen molar-refractivity contribution in [2.24, 2.45) is 0 Å². The molecule has 0 aliphatic rings. The minimum Gasteiger partial charge on any atom is -0.481 e. The monoisotopic (exact) mass is 271 g/mol. The summed E-state index contributed by atoms with van der Waals surface area (Å²) < 4.78 is 0. The number of nitrogens with zero attached hydrogens (tertiary/aromatic N) is 1. The number of carbonyl (C=O) groups is 2. The van der Waals surface area contributed by atoms with Crippen LogP contribution in [0.5, 0.6) is 0 Å². The van der Waals surface area contributed by atoms with E-state index in [1.54, 1.807) is 36.4 Å². The summed E-state index contributed by atoms with van der Waals surface area (Å²) in [5, 5.41) is 11.3. The molecular formula is C14H13N3O3. The lowest BCUT2D eigenvalue weighted by Gasteiger charge is -2.05. The van der Waals surface area contributed by atoms with Crippen molar-refractivity contribution in [3.05, 3.63) is 53.9 Å². The van der Waals surface area contributed by atoms with E-state index in [1.807, 2.05) is 0 Å². The summed E-state index contributed by atoms with van der Waals surface area (Å²) in [6, 6.07) is 9.70. The van der Waals surface area contributed by atoms with Gasteiger partial charge in [-0.2, -0.15) is 0 Å². The molecule has 1 amide bonds. The van der Waals surface area contributed by atoms with Crippen LogP contribution in [0.25, 0.3) is 0 Å². The summed E-state index contributed by atoms with van der Waals surface area (Å²) in [4.78, 5) is 26.4. The maximum absolute atomic E-state index is 11.9. The van der Waals surface area contributed by atoms with Gasteiger partial charge in [0.2, 0.25) is 0 Å². The van der Waals surface area contributed by atoms with E-state index >= 15 is 0 Å². The second-order valence-electron chi connectivity index (χ2n) is 4.18. The van der Waals surface area contributed by atoms with Crippen molar-refractivity contribution in [2.45, 2.75) is 6.42 Å². The number of carboxylic acid groups (broad SMARTS) is 1. The quantitative estimate of drug-likeness (QED) is 0.731. The van der Waals surface area contributed by atoms with E-state index in [2.05, 4.69) is 10.3 Å². The molecule has 0 saturated heterocycles. The number of pyridine rings is 1. The number of amides is 1. The third kappa shape index (κ3) is 3.55. The van der Waals surface area contributed by atoms with Crippen molar-refractivity contribution < 1.29 is 14.7 Å². The molecule has 0 unspecified atom stereocenters. The van der Waals surface area contributed by atoms with Crippen LogP contribution in [0.1, 0.15) is 16.1 Å². The molecule has 0 radical (unpaired) electrons. The van der Waals surface area contributed by atoms with Gasteiger partial charge < -0.3 is 16.2 Å². The lowest BCUT2D eigenvalue weighted by molar-refractivity contribution is -0.136. The molecule has 4 N–H and O–H groups in total. The van der Waals surface area contributed by atoms with E-state index in [9.17, 15) is 9.59 Å². The number of aromatic nitrogens is 1. The number of nitrogens with two attached hydrogens (primary N) is 1. The van der Waals surface area contributed by atoms with Crippen LogP contribution in [0.15, 0.2) is 42.6 Å². The van der Waals surface area contributed by atoms with Crippen molar-refractivity contribution in [1.82, 2.24) is 4.98 Å². The molecule has 1 aromatic heterocycles. The van der Waals surface area contributed by atoms with Crippen LogP contribution in [0.4, 0.5) is 11.4 Å². The Kier molecular flexibility index (Phi) is 3.95. The number of nitrogen functional groups attached to an aromatic ring is 1. The Balaban J connectivity index is 2.04. The molecule has 102 valence electrons. The Morgan fingerprint density at radius 1 is 1.15 bits per heavy atom. The Bertz CT molecular complexity index is 621. The number of nitrogens with one attached hydrogen (secondary N) is 1. The topological polar surface area (TPSA) is 105 Å².